The molecule has 0 saturated heterocycles. The molecule has 0 saturated carbocycles. The van der Waals surface area contributed by atoms with Crippen molar-refractivity contribution >= 4 is 34.4 Å². The summed E-state index contributed by atoms with van der Waals surface area (Å²) in [5.74, 6) is -5.00. The highest BCUT2D eigenvalue weighted by Gasteiger charge is 2.25. The molecule has 1 aromatic heterocycles. The summed E-state index contributed by atoms with van der Waals surface area (Å²) in [6, 6.07) is 7.94. The second-order valence-electron chi connectivity index (χ2n) is 10.1. The average Bonchev–Trinajstić information content (AvgIpc) is 3.24. The normalized spacial score (nSPS) is 13.1. The number of nitrogens with one attached hydrogen (secondary N) is 1. The number of carboxylic acids is 1. The van der Waals surface area contributed by atoms with E-state index in [2.05, 4.69) is 41.9 Å². The maximum absolute atomic E-state index is 14.6. The number of amides is 1. The first-order chi connectivity index (χ1) is 17.5. The van der Waals surface area contributed by atoms with Crippen molar-refractivity contribution in [2.45, 2.75) is 46.5 Å². The highest BCUT2D eigenvalue weighted by Crippen LogP contribution is 2.40. The van der Waals surface area contributed by atoms with E-state index in [0.717, 1.165) is 67.1 Å². The summed E-state index contributed by atoms with van der Waals surface area (Å²) in [5, 5.41) is 12.0. The van der Waals surface area contributed by atoms with Gasteiger partial charge in [0.2, 0.25) is 5.76 Å². The largest absolute Gasteiger partial charge is 0.490 e. The van der Waals surface area contributed by atoms with Crippen LogP contribution in [0.25, 0.3) is 17.3 Å². The van der Waals surface area contributed by atoms with Gasteiger partial charge >= 0.3 is 5.97 Å². The Hall–Kier alpha value is -3.59. The molecule has 2 aromatic carbocycles. The topological polar surface area (TPSA) is 88.5 Å². The summed E-state index contributed by atoms with van der Waals surface area (Å²) in [5.41, 5.74) is 3.86. The number of ether oxygens (including phenoxy) is 1. The van der Waals surface area contributed by atoms with Crippen molar-refractivity contribution < 1.29 is 28.2 Å². The van der Waals surface area contributed by atoms with Crippen molar-refractivity contribution in [3.63, 3.8) is 0 Å². The van der Waals surface area contributed by atoms with Gasteiger partial charge in [-0.15, -0.1) is 11.3 Å². The first-order valence-electron chi connectivity index (χ1n) is 11.9. The number of benzene rings is 2. The van der Waals surface area contributed by atoms with Crippen LogP contribution in [0, 0.1) is 17.0 Å². The van der Waals surface area contributed by atoms with Crippen LogP contribution in [0.2, 0.25) is 0 Å². The summed E-state index contributed by atoms with van der Waals surface area (Å²) in [6.45, 7) is 6.68. The number of methoxy groups -OCH3 is 1. The number of anilines is 1. The molecular weight excluding hydrogens is 498 g/mol. The number of carboxylic acid groups (broad SMARTS) is 1. The summed E-state index contributed by atoms with van der Waals surface area (Å²) >= 11 is 1.35. The summed E-state index contributed by atoms with van der Waals surface area (Å²) in [6.07, 6.45) is 4.48. The number of rotatable bonds is 7. The Bertz CT molecular complexity index is 1380. The third-order valence-corrected chi connectivity index (χ3v) is 7.27. The summed E-state index contributed by atoms with van der Waals surface area (Å²) in [7, 11) is 1.08. The standard InChI is InChI=1S/C28H28F2N2O4S/c1-28(2,3)11-10-15-6-5-7-18-17(15)8-9-23-24(18)31-27(37-23)32-25(33)16-12-20(29)19(21(30)13-16)14-22(36-4)26(34)35/h5-7,12-14H,8-11H2,1-4H3,(H,34,35)(H,31,32,33)/b22-14-. The zero-order valence-electron chi connectivity index (χ0n) is 21.1. The zero-order chi connectivity index (χ0) is 26.9. The Morgan fingerprint density at radius 2 is 1.89 bits per heavy atom. The molecule has 0 unspecified atom stereocenters. The lowest BCUT2D eigenvalue weighted by Crippen LogP contribution is -2.13. The molecule has 0 atom stereocenters. The zero-order valence-corrected chi connectivity index (χ0v) is 21.9. The first kappa shape index (κ1) is 26.5. The van der Waals surface area contributed by atoms with Gasteiger partial charge in [0, 0.05) is 27.6 Å². The number of carbonyl (C=O) groups is 2. The minimum atomic E-state index is -1.47. The smallest absolute Gasteiger partial charge is 0.371 e. The number of nitrogens with zero attached hydrogens (tertiary/aromatic N) is 1. The quantitative estimate of drug-likeness (QED) is 0.271. The minimum Gasteiger partial charge on any atom is -0.490 e. The number of hydrogen-bond acceptors (Lipinski definition) is 5. The van der Waals surface area contributed by atoms with Gasteiger partial charge in [0.15, 0.2) is 5.13 Å². The molecule has 6 nitrogen and oxygen atoms in total. The molecule has 3 aromatic rings. The fraction of sp³-hybridized carbons (Fsp3) is 0.321. The molecule has 0 spiro atoms. The second-order valence-corrected chi connectivity index (χ2v) is 11.2. The van der Waals surface area contributed by atoms with E-state index >= 15 is 0 Å². The SMILES string of the molecule is CO/C(=C\c1c(F)cc(C(=O)Nc2nc3c(s2)CCc2c(CCC(C)(C)C)cccc2-3)cc1F)C(=O)O. The van der Waals surface area contributed by atoms with Crippen LogP contribution in [0.1, 0.15) is 59.1 Å². The second kappa shape index (κ2) is 10.4. The lowest BCUT2D eigenvalue weighted by Gasteiger charge is -2.22. The van der Waals surface area contributed by atoms with Crippen molar-refractivity contribution in [3.8, 4) is 11.3 Å². The van der Waals surface area contributed by atoms with Crippen LogP contribution in [0.3, 0.4) is 0 Å². The van der Waals surface area contributed by atoms with E-state index in [9.17, 15) is 18.4 Å². The van der Waals surface area contributed by atoms with E-state index in [1.165, 1.54) is 22.5 Å². The fourth-order valence-electron chi connectivity index (χ4n) is 4.28. The molecule has 0 fully saturated rings. The molecule has 0 bridgehead atoms. The molecular formula is C28H28F2N2O4S. The third-order valence-electron chi connectivity index (χ3n) is 6.24. The molecule has 37 heavy (non-hydrogen) atoms. The van der Waals surface area contributed by atoms with Crippen LogP contribution in [-0.4, -0.2) is 29.1 Å². The van der Waals surface area contributed by atoms with Crippen molar-refractivity contribution in [3.05, 3.63) is 74.9 Å². The summed E-state index contributed by atoms with van der Waals surface area (Å²) in [4.78, 5) is 29.6. The number of carbonyl (C=O) groups excluding carboxylic acids is 1. The predicted octanol–water partition coefficient (Wildman–Crippen LogP) is 6.49. The average molecular weight is 527 g/mol. The Morgan fingerprint density at radius 3 is 2.51 bits per heavy atom. The van der Waals surface area contributed by atoms with Crippen LogP contribution in [-0.2, 0) is 28.8 Å². The van der Waals surface area contributed by atoms with E-state index in [1.807, 2.05) is 12.1 Å². The number of aliphatic carboxylic acids is 1. The number of aryl methyl sites for hydroxylation is 2. The van der Waals surface area contributed by atoms with Crippen molar-refractivity contribution in [2.24, 2.45) is 5.41 Å². The maximum Gasteiger partial charge on any atom is 0.371 e. The van der Waals surface area contributed by atoms with E-state index in [1.54, 1.807) is 0 Å². The molecule has 1 aliphatic carbocycles. The first-order valence-corrected chi connectivity index (χ1v) is 12.7. The number of aromatic nitrogens is 1. The fourth-order valence-corrected chi connectivity index (χ4v) is 5.25. The molecule has 4 rings (SSSR count). The van der Waals surface area contributed by atoms with Gasteiger partial charge in [0.25, 0.3) is 5.91 Å². The predicted molar refractivity (Wildman–Crippen MR) is 140 cm³/mol. The van der Waals surface area contributed by atoms with Gasteiger partial charge in [-0.2, -0.15) is 0 Å². The van der Waals surface area contributed by atoms with E-state index in [4.69, 9.17) is 5.11 Å². The number of thiazole rings is 1. The van der Waals surface area contributed by atoms with Crippen LogP contribution in [0.5, 0.6) is 0 Å². The van der Waals surface area contributed by atoms with Crippen molar-refractivity contribution in [1.82, 2.24) is 4.98 Å². The Kier molecular flexibility index (Phi) is 7.45. The highest BCUT2D eigenvalue weighted by atomic mass is 32.1. The Morgan fingerprint density at radius 1 is 1.19 bits per heavy atom. The van der Waals surface area contributed by atoms with Crippen LogP contribution >= 0.6 is 11.3 Å². The van der Waals surface area contributed by atoms with Crippen LogP contribution < -0.4 is 5.32 Å². The van der Waals surface area contributed by atoms with Gasteiger partial charge in [-0.05, 0) is 54.4 Å². The van der Waals surface area contributed by atoms with Gasteiger partial charge in [-0.3, -0.25) is 10.1 Å². The molecule has 1 aliphatic rings. The van der Waals surface area contributed by atoms with Crippen molar-refractivity contribution in [1.29, 1.82) is 0 Å². The lowest BCUT2D eigenvalue weighted by molar-refractivity contribution is -0.135. The molecule has 2 N–H and O–H groups in total. The Balaban J connectivity index is 1.57. The maximum atomic E-state index is 14.6. The third kappa shape index (κ3) is 5.88. The van der Waals surface area contributed by atoms with Crippen LogP contribution in [0.15, 0.2) is 36.1 Å². The van der Waals surface area contributed by atoms with Crippen molar-refractivity contribution in [2.75, 3.05) is 12.4 Å². The van der Waals surface area contributed by atoms with Gasteiger partial charge in [-0.1, -0.05) is 39.0 Å². The number of fused-ring (bicyclic) bond motifs is 3. The lowest BCUT2D eigenvalue weighted by atomic mass is 9.84. The molecule has 9 heteroatoms. The van der Waals surface area contributed by atoms with Gasteiger partial charge in [0.1, 0.15) is 11.6 Å². The highest BCUT2D eigenvalue weighted by molar-refractivity contribution is 7.16. The number of hydrogen-bond donors (Lipinski definition) is 2. The number of halogens is 2. The molecule has 1 amide bonds. The molecule has 1 heterocycles. The van der Waals surface area contributed by atoms with E-state index in [-0.39, 0.29) is 11.0 Å². The molecule has 0 aliphatic heterocycles. The van der Waals surface area contributed by atoms with Gasteiger partial charge in [0.05, 0.1) is 12.8 Å². The Labute approximate surface area is 218 Å². The van der Waals surface area contributed by atoms with E-state index in [0.29, 0.717) is 5.13 Å². The summed E-state index contributed by atoms with van der Waals surface area (Å²) < 4.78 is 33.8. The molecule has 194 valence electrons. The van der Waals surface area contributed by atoms with Gasteiger partial charge < -0.3 is 9.84 Å². The van der Waals surface area contributed by atoms with E-state index < -0.39 is 34.8 Å². The monoisotopic (exact) mass is 526 g/mol. The van der Waals surface area contributed by atoms with Crippen LogP contribution in [0.4, 0.5) is 13.9 Å². The molecule has 0 radical (unpaired) electrons. The van der Waals surface area contributed by atoms with Gasteiger partial charge in [-0.25, -0.2) is 18.6 Å². The minimum absolute atomic E-state index is 0.233.